The fourth-order valence-electron chi connectivity index (χ4n) is 6.04. The van der Waals surface area contributed by atoms with Gasteiger partial charge in [-0.25, -0.2) is 4.98 Å². The van der Waals surface area contributed by atoms with E-state index in [1.807, 2.05) is 4.90 Å². The minimum absolute atomic E-state index is 0.0634. The van der Waals surface area contributed by atoms with Gasteiger partial charge in [0.1, 0.15) is 5.69 Å². The third-order valence-corrected chi connectivity index (χ3v) is 9.67. The number of carbonyl (C=O) groups excluding carboxylic acids is 2. The van der Waals surface area contributed by atoms with Gasteiger partial charge in [0.05, 0.1) is 16.1 Å². The van der Waals surface area contributed by atoms with Crippen LogP contribution in [-0.4, -0.2) is 65.9 Å². The van der Waals surface area contributed by atoms with Crippen LogP contribution < -0.4 is 4.90 Å². The lowest BCUT2D eigenvalue weighted by Crippen LogP contribution is -2.49. The molecule has 2 aliphatic rings. The molecule has 0 radical (unpaired) electrons. The number of hydrogen-bond acceptors (Lipinski definition) is 5. The van der Waals surface area contributed by atoms with Crippen LogP contribution in [-0.2, 0) is 12.4 Å². The maximum Gasteiger partial charge on any atom is 0.416 e. The summed E-state index contributed by atoms with van der Waals surface area (Å²) in [4.78, 5) is 36.6. The van der Waals surface area contributed by atoms with Gasteiger partial charge < -0.3 is 14.7 Å². The highest BCUT2D eigenvalue weighted by molar-refractivity contribution is 7.09. The number of alkyl halides is 6. The normalized spacial score (nSPS) is 16.4. The number of anilines is 1. The molecule has 6 nitrogen and oxygen atoms in total. The molecule has 47 heavy (non-hydrogen) atoms. The van der Waals surface area contributed by atoms with Gasteiger partial charge in [-0.3, -0.25) is 9.59 Å². The van der Waals surface area contributed by atoms with Gasteiger partial charge >= 0.3 is 12.4 Å². The number of nitrogens with zero attached hydrogens (tertiary/aromatic N) is 4. The average molecular weight is 673 g/mol. The molecule has 3 aromatic carbocycles. The molecule has 0 aliphatic carbocycles. The second-order valence-electron chi connectivity index (χ2n) is 11.6. The molecule has 13 heteroatoms. The summed E-state index contributed by atoms with van der Waals surface area (Å²) in [7, 11) is 0. The number of thiazole rings is 1. The molecule has 0 bridgehead atoms. The van der Waals surface area contributed by atoms with Crippen molar-refractivity contribution in [2.45, 2.75) is 31.1 Å². The number of piperazine rings is 1. The first-order chi connectivity index (χ1) is 22.4. The van der Waals surface area contributed by atoms with Crippen molar-refractivity contribution in [3.63, 3.8) is 0 Å². The van der Waals surface area contributed by atoms with Crippen LogP contribution in [0, 0.1) is 0 Å². The first-order valence-corrected chi connectivity index (χ1v) is 16.0. The molecule has 0 atom stereocenters. The van der Waals surface area contributed by atoms with E-state index in [1.165, 1.54) is 29.5 Å². The van der Waals surface area contributed by atoms with Crippen LogP contribution in [0.2, 0.25) is 0 Å². The highest BCUT2D eigenvalue weighted by Crippen LogP contribution is 2.35. The van der Waals surface area contributed by atoms with E-state index < -0.39 is 23.5 Å². The van der Waals surface area contributed by atoms with Crippen LogP contribution >= 0.6 is 11.3 Å². The van der Waals surface area contributed by atoms with Gasteiger partial charge in [-0.2, -0.15) is 26.3 Å². The van der Waals surface area contributed by atoms with Crippen molar-refractivity contribution in [2.75, 3.05) is 44.2 Å². The minimum atomic E-state index is -4.45. The average Bonchev–Trinajstić information content (AvgIpc) is 3.58. The molecule has 246 valence electrons. The Hall–Kier alpha value is -4.39. The number of halogens is 6. The van der Waals surface area contributed by atoms with Crippen molar-refractivity contribution in [1.29, 1.82) is 0 Å². The molecule has 2 aliphatic heterocycles. The Kier molecular flexibility index (Phi) is 9.01. The van der Waals surface area contributed by atoms with Gasteiger partial charge in [0.2, 0.25) is 0 Å². The molecule has 0 spiro atoms. The molecule has 0 N–H and O–H groups in total. The van der Waals surface area contributed by atoms with Gasteiger partial charge in [0.25, 0.3) is 11.8 Å². The highest BCUT2D eigenvalue weighted by atomic mass is 32.1. The second kappa shape index (κ2) is 13.0. The Bertz CT molecular complexity index is 1740. The van der Waals surface area contributed by atoms with Crippen molar-refractivity contribution < 1.29 is 35.9 Å². The molecule has 4 aromatic rings. The zero-order valence-corrected chi connectivity index (χ0v) is 25.8. The standard InChI is InChI=1S/C34H30F6N4O2S/c35-33(36,37)24-10-8-22(9-11-24)27-6-1-2-7-28(27)31(45)43-14-12-23(13-15-43)30-41-29(21-47-30)32(46)44-18-16-42(17-19-44)26-5-3-4-25(20-26)34(38,39)40/h1-11,20-21,23H,12-19H2. The molecule has 1 aromatic heterocycles. The smallest absolute Gasteiger partial charge is 0.368 e. The van der Waals surface area contributed by atoms with Gasteiger partial charge in [-0.15, -0.1) is 11.3 Å². The molecule has 6 rings (SSSR count). The number of piperidine rings is 1. The zero-order chi connectivity index (χ0) is 33.3. The van der Waals surface area contributed by atoms with Crippen molar-refractivity contribution in [3.8, 4) is 11.1 Å². The van der Waals surface area contributed by atoms with E-state index in [2.05, 4.69) is 4.98 Å². The molecular formula is C34H30F6N4O2S. The third-order valence-electron chi connectivity index (χ3n) is 8.66. The molecule has 2 fully saturated rings. The lowest BCUT2D eigenvalue weighted by molar-refractivity contribution is -0.138. The van der Waals surface area contributed by atoms with Crippen LogP contribution in [0.25, 0.3) is 11.1 Å². The first kappa shape index (κ1) is 32.5. The molecule has 0 unspecified atom stereocenters. The van der Waals surface area contributed by atoms with E-state index in [0.29, 0.717) is 80.2 Å². The summed E-state index contributed by atoms with van der Waals surface area (Å²) in [6, 6.07) is 16.8. The Morgan fingerprint density at radius 3 is 2.00 bits per heavy atom. The van der Waals surface area contributed by atoms with Crippen LogP contribution in [0.1, 0.15) is 55.7 Å². The monoisotopic (exact) mass is 672 g/mol. The number of aromatic nitrogens is 1. The summed E-state index contributed by atoms with van der Waals surface area (Å²) in [5.41, 5.74) is 0.844. The molecule has 0 saturated carbocycles. The molecule has 2 saturated heterocycles. The summed E-state index contributed by atoms with van der Waals surface area (Å²) in [5, 5.41) is 2.54. The maximum absolute atomic E-state index is 13.5. The Balaban J connectivity index is 1.04. The van der Waals surface area contributed by atoms with E-state index in [1.54, 1.807) is 45.5 Å². The van der Waals surface area contributed by atoms with Crippen molar-refractivity contribution in [2.24, 2.45) is 0 Å². The van der Waals surface area contributed by atoms with Crippen molar-refractivity contribution >= 4 is 28.8 Å². The molecule has 2 amide bonds. The number of benzene rings is 3. The van der Waals surface area contributed by atoms with Crippen LogP contribution in [0.3, 0.4) is 0 Å². The van der Waals surface area contributed by atoms with Crippen LogP contribution in [0.4, 0.5) is 32.0 Å². The van der Waals surface area contributed by atoms with E-state index in [9.17, 15) is 35.9 Å². The van der Waals surface area contributed by atoms with Crippen molar-refractivity contribution in [3.05, 3.63) is 106 Å². The van der Waals surface area contributed by atoms with Crippen molar-refractivity contribution in [1.82, 2.24) is 14.8 Å². The zero-order valence-electron chi connectivity index (χ0n) is 25.0. The van der Waals surface area contributed by atoms with E-state index in [4.69, 9.17) is 0 Å². The Morgan fingerprint density at radius 1 is 0.702 bits per heavy atom. The number of rotatable bonds is 5. The summed E-state index contributed by atoms with van der Waals surface area (Å²) in [6.45, 7) is 2.44. The SMILES string of the molecule is O=C(c1csc(C2CCN(C(=O)c3ccccc3-c3ccc(C(F)(F)F)cc3)CC2)n1)N1CCN(c2cccc(C(F)(F)F)c2)CC1. The van der Waals surface area contributed by atoms with E-state index in [-0.39, 0.29) is 17.7 Å². The van der Waals surface area contributed by atoms with Crippen LogP contribution in [0.5, 0.6) is 0 Å². The lowest BCUT2D eigenvalue weighted by Gasteiger charge is -2.36. The lowest BCUT2D eigenvalue weighted by atomic mass is 9.94. The predicted molar refractivity (Wildman–Crippen MR) is 166 cm³/mol. The topological polar surface area (TPSA) is 56.8 Å². The second-order valence-corrected chi connectivity index (χ2v) is 12.5. The van der Waals surface area contributed by atoms with Gasteiger partial charge in [0, 0.05) is 61.8 Å². The number of hydrogen-bond donors (Lipinski definition) is 0. The third kappa shape index (κ3) is 7.14. The van der Waals surface area contributed by atoms with Gasteiger partial charge in [0.15, 0.2) is 0 Å². The highest BCUT2D eigenvalue weighted by Gasteiger charge is 2.33. The molecule has 3 heterocycles. The maximum atomic E-state index is 13.5. The summed E-state index contributed by atoms with van der Waals surface area (Å²) in [5.74, 6) is -0.351. The number of carbonyl (C=O) groups is 2. The fourth-order valence-corrected chi connectivity index (χ4v) is 7.01. The summed E-state index contributed by atoms with van der Waals surface area (Å²) < 4.78 is 78.6. The largest absolute Gasteiger partial charge is 0.416 e. The fraction of sp³-hybridized carbons (Fsp3) is 0.324. The van der Waals surface area contributed by atoms with E-state index in [0.717, 1.165) is 29.3 Å². The number of amides is 2. The number of likely N-dealkylation sites (tertiary alicyclic amines) is 1. The first-order valence-electron chi connectivity index (χ1n) is 15.1. The van der Waals surface area contributed by atoms with Gasteiger partial charge in [-0.1, -0.05) is 36.4 Å². The Labute approximate surface area is 271 Å². The Morgan fingerprint density at radius 2 is 1.34 bits per heavy atom. The molecular weight excluding hydrogens is 642 g/mol. The minimum Gasteiger partial charge on any atom is -0.368 e. The summed E-state index contributed by atoms with van der Waals surface area (Å²) in [6.07, 6.45) is -7.58. The quantitative estimate of drug-likeness (QED) is 0.203. The van der Waals surface area contributed by atoms with E-state index >= 15 is 0 Å². The predicted octanol–water partition coefficient (Wildman–Crippen LogP) is 7.83. The van der Waals surface area contributed by atoms with Gasteiger partial charge in [-0.05, 0) is 60.4 Å². The summed E-state index contributed by atoms with van der Waals surface area (Å²) >= 11 is 1.40. The van der Waals surface area contributed by atoms with Crippen LogP contribution in [0.15, 0.2) is 78.2 Å².